The van der Waals surface area contributed by atoms with Crippen molar-refractivity contribution in [2.24, 2.45) is 5.92 Å². The van der Waals surface area contributed by atoms with Crippen LogP contribution in [0.3, 0.4) is 0 Å². The third-order valence-electron chi connectivity index (χ3n) is 5.77. The third kappa shape index (κ3) is 4.00. The van der Waals surface area contributed by atoms with E-state index >= 15 is 0 Å². The quantitative estimate of drug-likeness (QED) is 0.558. The van der Waals surface area contributed by atoms with Crippen LogP contribution < -0.4 is 0 Å². The van der Waals surface area contributed by atoms with Gasteiger partial charge in [-0.05, 0) is 37.0 Å². The summed E-state index contributed by atoms with van der Waals surface area (Å²) in [5, 5.41) is 4.07. The molecule has 2 atom stereocenters. The summed E-state index contributed by atoms with van der Waals surface area (Å²) in [5.74, 6) is -0.927. The number of likely N-dealkylation sites (tertiary alicyclic amines) is 1. The van der Waals surface area contributed by atoms with Crippen LogP contribution in [0.5, 0.6) is 0 Å². The number of hydrogen-bond acceptors (Lipinski definition) is 5. The molecule has 0 N–H and O–H groups in total. The Kier molecular flexibility index (Phi) is 5.55. The van der Waals surface area contributed by atoms with E-state index in [4.69, 9.17) is 0 Å². The van der Waals surface area contributed by atoms with Gasteiger partial charge in [0.05, 0.1) is 5.69 Å². The summed E-state index contributed by atoms with van der Waals surface area (Å²) in [6.07, 6.45) is -4.72. The van der Waals surface area contributed by atoms with Gasteiger partial charge in [0.1, 0.15) is 17.7 Å². The molecule has 0 saturated carbocycles. The Hall–Kier alpha value is -3.18. The lowest BCUT2D eigenvalue weighted by molar-refractivity contribution is -0.141. The summed E-state index contributed by atoms with van der Waals surface area (Å²) in [7, 11) is 0. The van der Waals surface area contributed by atoms with Gasteiger partial charge in [-0.2, -0.15) is 23.3 Å². The van der Waals surface area contributed by atoms with Gasteiger partial charge in [0.15, 0.2) is 0 Å². The molecule has 4 heterocycles. The van der Waals surface area contributed by atoms with Crippen molar-refractivity contribution >= 4 is 11.7 Å². The van der Waals surface area contributed by atoms with E-state index in [-0.39, 0.29) is 29.7 Å². The first-order valence-corrected chi connectivity index (χ1v) is 9.88. The number of piperidine rings is 1. The second kappa shape index (κ2) is 8.06. The van der Waals surface area contributed by atoms with E-state index in [0.29, 0.717) is 24.2 Å². The SMILES string of the molecule is Cc1cnc(C(F)(F)F)cc1C(=O)N1CC[C@@H](C)[C@H](c2cc(C(F)F)nc3ncnn23)C1. The summed E-state index contributed by atoms with van der Waals surface area (Å²) in [6, 6.07) is 2.00. The van der Waals surface area contributed by atoms with Crippen LogP contribution in [0.15, 0.2) is 24.7 Å². The lowest BCUT2D eigenvalue weighted by Crippen LogP contribution is -2.43. The minimum absolute atomic E-state index is 0.00338. The minimum atomic E-state index is -4.68. The fourth-order valence-electron chi connectivity index (χ4n) is 3.95. The number of pyridine rings is 1. The molecular formula is C20H19F5N6O. The number of rotatable bonds is 3. The van der Waals surface area contributed by atoms with Crippen LogP contribution in [0.2, 0.25) is 0 Å². The fraction of sp³-hybridized carbons (Fsp3) is 0.450. The highest BCUT2D eigenvalue weighted by Crippen LogP contribution is 2.35. The number of carbonyl (C=O) groups is 1. The van der Waals surface area contributed by atoms with Gasteiger partial charge in [-0.1, -0.05) is 6.92 Å². The maximum absolute atomic E-state index is 13.4. The maximum Gasteiger partial charge on any atom is 0.433 e. The molecule has 0 aliphatic carbocycles. The van der Waals surface area contributed by atoms with Crippen molar-refractivity contribution in [2.75, 3.05) is 13.1 Å². The van der Waals surface area contributed by atoms with Crippen LogP contribution in [0.4, 0.5) is 22.0 Å². The van der Waals surface area contributed by atoms with Crippen molar-refractivity contribution in [3.63, 3.8) is 0 Å². The van der Waals surface area contributed by atoms with Gasteiger partial charge in [-0.3, -0.25) is 9.78 Å². The van der Waals surface area contributed by atoms with Crippen molar-refractivity contribution in [2.45, 2.75) is 38.8 Å². The summed E-state index contributed by atoms with van der Waals surface area (Å²) < 4.78 is 67.4. The molecule has 4 rings (SSSR count). The largest absolute Gasteiger partial charge is 0.433 e. The predicted octanol–water partition coefficient (Wildman–Crippen LogP) is 4.05. The zero-order valence-electron chi connectivity index (χ0n) is 17.1. The van der Waals surface area contributed by atoms with Crippen LogP contribution in [0.1, 0.15) is 58.7 Å². The summed E-state index contributed by atoms with van der Waals surface area (Å²) in [6.45, 7) is 3.90. The van der Waals surface area contributed by atoms with E-state index in [1.165, 1.54) is 28.7 Å². The van der Waals surface area contributed by atoms with Crippen molar-refractivity contribution in [3.05, 3.63) is 52.9 Å². The Morgan fingerprint density at radius 3 is 2.66 bits per heavy atom. The van der Waals surface area contributed by atoms with E-state index in [9.17, 15) is 26.7 Å². The van der Waals surface area contributed by atoms with Gasteiger partial charge in [0.25, 0.3) is 18.1 Å². The van der Waals surface area contributed by atoms with Gasteiger partial charge >= 0.3 is 6.18 Å². The zero-order chi connectivity index (χ0) is 23.2. The molecule has 3 aromatic heterocycles. The molecular weight excluding hydrogens is 435 g/mol. The number of nitrogens with zero attached hydrogens (tertiary/aromatic N) is 6. The molecule has 0 radical (unpaired) electrons. The van der Waals surface area contributed by atoms with E-state index in [0.717, 1.165) is 12.3 Å². The molecule has 1 aliphatic heterocycles. The second-order valence-electron chi connectivity index (χ2n) is 7.88. The minimum Gasteiger partial charge on any atom is -0.338 e. The molecule has 1 fully saturated rings. The van der Waals surface area contributed by atoms with Gasteiger partial charge in [-0.15, -0.1) is 0 Å². The number of aryl methyl sites for hydroxylation is 1. The highest BCUT2D eigenvalue weighted by molar-refractivity contribution is 5.95. The molecule has 1 amide bonds. The molecule has 32 heavy (non-hydrogen) atoms. The first-order valence-electron chi connectivity index (χ1n) is 9.88. The average Bonchev–Trinajstić information content (AvgIpc) is 3.21. The Morgan fingerprint density at radius 2 is 1.97 bits per heavy atom. The molecule has 7 nitrogen and oxygen atoms in total. The van der Waals surface area contributed by atoms with Crippen molar-refractivity contribution in [3.8, 4) is 0 Å². The molecule has 0 unspecified atom stereocenters. The molecule has 1 aliphatic rings. The lowest BCUT2D eigenvalue weighted by atomic mass is 9.84. The molecule has 0 bridgehead atoms. The number of alkyl halides is 5. The number of halogens is 5. The predicted molar refractivity (Wildman–Crippen MR) is 102 cm³/mol. The van der Waals surface area contributed by atoms with Crippen LogP contribution in [0, 0.1) is 12.8 Å². The summed E-state index contributed by atoms with van der Waals surface area (Å²) >= 11 is 0. The third-order valence-corrected chi connectivity index (χ3v) is 5.77. The first kappa shape index (κ1) is 22.0. The molecule has 170 valence electrons. The number of carbonyl (C=O) groups excluding carboxylic acids is 1. The second-order valence-corrected chi connectivity index (χ2v) is 7.88. The molecule has 3 aromatic rings. The first-order chi connectivity index (χ1) is 15.1. The number of amides is 1. The normalized spacial score (nSPS) is 19.7. The number of fused-ring (bicyclic) bond motifs is 1. The smallest absolute Gasteiger partial charge is 0.338 e. The van der Waals surface area contributed by atoms with Gasteiger partial charge in [0, 0.05) is 30.8 Å². The topological polar surface area (TPSA) is 76.3 Å². The molecule has 0 spiro atoms. The monoisotopic (exact) mass is 454 g/mol. The highest BCUT2D eigenvalue weighted by Gasteiger charge is 2.36. The standard InChI is InChI=1S/C20H19F5N6O/c1-10-3-4-30(18(32)12-5-16(20(23,24)25)26-7-11(12)2)8-13(10)15-6-14(17(21)22)29-19-27-9-28-31(15)19/h5-7,9-10,13,17H,3-4,8H2,1-2H3/t10-,13-/m1/s1. The number of hydrogen-bond donors (Lipinski definition) is 0. The van der Waals surface area contributed by atoms with Crippen LogP contribution in [0.25, 0.3) is 5.78 Å². The van der Waals surface area contributed by atoms with Gasteiger partial charge in [0.2, 0.25) is 0 Å². The summed E-state index contributed by atoms with van der Waals surface area (Å²) in [4.78, 5) is 25.7. The van der Waals surface area contributed by atoms with Crippen LogP contribution in [-0.4, -0.2) is 48.5 Å². The van der Waals surface area contributed by atoms with Gasteiger partial charge in [-0.25, -0.2) is 18.3 Å². The Bertz CT molecular complexity index is 1160. The fourth-order valence-corrected chi connectivity index (χ4v) is 3.95. The Balaban J connectivity index is 1.69. The maximum atomic E-state index is 13.4. The summed E-state index contributed by atoms with van der Waals surface area (Å²) in [5.41, 5.74) is -0.935. The van der Waals surface area contributed by atoms with Gasteiger partial charge < -0.3 is 4.90 Å². The molecule has 12 heteroatoms. The highest BCUT2D eigenvalue weighted by atomic mass is 19.4. The van der Waals surface area contributed by atoms with Crippen LogP contribution in [-0.2, 0) is 6.18 Å². The van der Waals surface area contributed by atoms with E-state index in [2.05, 4.69) is 20.1 Å². The Labute approximate surface area is 179 Å². The zero-order valence-corrected chi connectivity index (χ0v) is 17.1. The van der Waals surface area contributed by atoms with Crippen LogP contribution >= 0.6 is 0 Å². The van der Waals surface area contributed by atoms with E-state index in [1.807, 2.05) is 6.92 Å². The van der Waals surface area contributed by atoms with Crippen molar-refractivity contribution in [1.29, 1.82) is 0 Å². The molecule has 1 saturated heterocycles. The Morgan fingerprint density at radius 1 is 1.22 bits per heavy atom. The van der Waals surface area contributed by atoms with Crippen molar-refractivity contribution < 1.29 is 26.7 Å². The number of aromatic nitrogens is 5. The van der Waals surface area contributed by atoms with Crippen molar-refractivity contribution in [1.82, 2.24) is 29.5 Å². The van der Waals surface area contributed by atoms with E-state index < -0.39 is 29.9 Å². The molecule has 0 aromatic carbocycles. The lowest BCUT2D eigenvalue weighted by Gasteiger charge is -2.37. The average molecular weight is 454 g/mol. The van der Waals surface area contributed by atoms with E-state index in [1.54, 1.807) is 0 Å².